The summed E-state index contributed by atoms with van der Waals surface area (Å²) in [6, 6.07) is 14.5. The van der Waals surface area contributed by atoms with Gasteiger partial charge in [-0.15, -0.1) is 0 Å². The van der Waals surface area contributed by atoms with Gasteiger partial charge in [0.25, 0.3) is 11.1 Å². The van der Waals surface area contributed by atoms with Crippen molar-refractivity contribution in [1.82, 2.24) is 14.1 Å². The van der Waals surface area contributed by atoms with Gasteiger partial charge >= 0.3 is 6.09 Å². The molecule has 180 valence electrons. The number of carbonyl (C=O) groups excluding carboxylic acids is 1. The Labute approximate surface area is 201 Å². The second-order valence-corrected chi connectivity index (χ2v) is 9.13. The fourth-order valence-corrected chi connectivity index (χ4v) is 3.74. The Hall–Kier alpha value is -4.33. The highest BCUT2D eigenvalue weighted by Gasteiger charge is 2.20. The van der Waals surface area contributed by atoms with E-state index in [1.165, 1.54) is 9.13 Å². The lowest BCUT2D eigenvalue weighted by Crippen LogP contribution is -2.52. The lowest BCUT2D eigenvalue weighted by atomic mass is 10.1. The van der Waals surface area contributed by atoms with Gasteiger partial charge < -0.3 is 19.0 Å². The summed E-state index contributed by atoms with van der Waals surface area (Å²) >= 11 is 0. The first kappa shape index (κ1) is 23.8. The van der Waals surface area contributed by atoms with E-state index in [1.807, 2.05) is 18.2 Å². The molecule has 0 bridgehead atoms. The van der Waals surface area contributed by atoms with Crippen LogP contribution in [0.3, 0.4) is 0 Å². The van der Waals surface area contributed by atoms with Crippen molar-refractivity contribution < 1.29 is 14.3 Å². The lowest BCUT2D eigenvalue weighted by Gasteiger charge is -2.19. The molecule has 2 aromatic carbocycles. The van der Waals surface area contributed by atoms with Crippen molar-refractivity contribution in [3.05, 3.63) is 97.3 Å². The van der Waals surface area contributed by atoms with E-state index in [1.54, 1.807) is 83.6 Å². The minimum absolute atomic E-state index is 0.108. The molecule has 0 aliphatic carbocycles. The van der Waals surface area contributed by atoms with Gasteiger partial charge in [-0.1, -0.05) is 30.3 Å². The largest absolute Gasteiger partial charge is 0.497 e. The van der Waals surface area contributed by atoms with Crippen LogP contribution >= 0.6 is 0 Å². The van der Waals surface area contributed by atoms with Crippen molar-refractivity contribution in [2.45, 2.75) is 26.4 Å². The molecule has 1 N–H and O–H groups in total. The number of rotatable bonds is 3. The first-order valence-corrected chi connectivity index (χ1v) is 11.1. The average molecular weight is 474 g/mol. The summed E-state index contributed by atoms with van der Waals surface area (Å²) in [5.74, 6) is 0.695. The van der Waals surface area contributed by atoms with E-state index in [-0.39, 0.29) is 16.3 Å². The van der Waals surface area contributed by atoms with Crippen molar-refractivity contribution in [3.63, 3.8) is 0 Å². The molecule has 8 nitrogen and oxygen atoms in total. The maximum Gasteiger partial charge on any atom is 0.419 e. The van der Waals surface area contributed by atoms with Gasteiger partial charge in [-0.25, -0.2) is 4.79 Å². The Balaban J connectivity index is 1.86. The van der Waals surface area contributed by atoms with Crippen LogP contribution in [0.4, 0.5) is 4.79 Å². The smallest absolute Gasteiger partial charge is 0.419 e. The van der Waals surface area contributed by atoms with E-state index in [2.05, 4.69) is 4.98 Å². The van der Waals surface area contributed by atoms with Crippen LogP contribution in [0.5, 0.6) is 5.75 Å². The molecule has 2 heterocycles. The van der Waals surface area contributed by atoms with E-state index in [0.717, 1.165) is 10.9 Å². The number of carbonyl (C=O) groups is 1. The van der Waals surface area contributed by atoms with Gasteiger partial charge in [0.2, 0.25) is 0 Å². The fraction of sp³-hybridized carbons (Fsp3) is 0.222. The van der Waals surface area contributed by atoms with Crippen LogP contribution in [0, 0.1) is 0 Å². The van der Waals surface area contributed by atoms with Crippen LogP contribution in [0.25, 0.3) is 23.1 Å². The molecule has 35 heavy (non-hydrogen) atoms. The molecule has 0 radical (unpaired) electrons. The third kappa shape index (κ3) is 4.96. The van der Waals surface area contributed by atoms with E-state index in [4.69, 9.17) is 9.47 Å². The van der Waals surface area contributed by atoms with Gasteiger partial charge in [0, 0.05) is 24.2 Å². The third-order valence-electron chi connectivity index (χ3n) is 5.43. The fourth-order valence-electron chi connectivity index (χ4n) is 3.74. The molecule has 0 amide bonds. The number of H-pyrrole nitrogens is 1. The number of methoxy groups -OCH3 is 1. The Bertz CT molecular complexity index is 1650. The highest BCUT2D eigenvalue weighted by molar-refractivity contribution is 5.95. The highest BCUT2D eigenvalue weighted by atomic mass is 16.6. The third-order valence-corrected chi connectivity index (χ3v) is 5.43. The normalized spacial score (nSPS) is 12.8. The molecule has 0 unspecified atom stereocenters. The molecule has 0 atom stereocenters. The number of nitrogens with one attached hydrogen (secondary N) is 1. The number of aromatic amines is 1. The van der Waals surface area contributed by atoms with Gasteiger partial charge in [-0.3, -0.25) is 14.2 Å². The average Bonchev–Trinajstić information content (AvgIpc) is 3.18. The summed E-state index contributed by atoms with van der Waals surface area (Å²) in [6.07, 6.45) is 4.29. The zero-order valence-corrected chi connectivity index (χ0v) is 20.3. The Kier molecular flexibility index (Phi) is 6.22. The molecule has 0 saturated heterocycles. The SMILES string of the molecule is COc1ccc(C=c2c(=O)[nH]c(=Cc3cn(C(=O)OC(C)(C)C)c4ccccc34)c(=O)n2C)cc1. The Morgan fingerprint density at radius 3 is 2.34 bits per heavy atom. The molecule has 0 saturated carbocycles. The zero-order chi connectivity index (χ0) is 25.3. The van der Waals surface area contributed by atoms with Crippen LogP contribution in [0.2, 0.25) is 0 Å². The first-order chi connectivity index (χ1) is 16.6. The van der Waals surface area contributed by atoms with Gasteiger partial charge in [0.1, 0.15) is 22.0 Å². The van der Waals surface area contributed by atoms with Gasteiger partial charge in [-0.05, 0) is 56.7 Å². The highest BCUT2D eigenvalue weighted by Crippen LogP contribution is 2.23. The van der Waals surface area contributed by atoms with E-state index in [9.17, 15) is 14.4 Å². The quantitative estimate of drug-likeness (QED) is 0.493. The monoisotopic (exact) mass is 473 g/mol. The maximum absolute atomic E-state index is 13.1. The molecule has 4 rings (SSSR count). The molecule has 0 fully saturated rings. The van der Waals surface area contributed by atoms with Crippen molar-refractivity contribution in [2.75, 3.05) is 7.11 Å². The summed E-state index contributed by atoms with van der Waals surface area (Å²) in [5, 5.41) is 1.07. The number of fused-ring (bicyclic) bond motifs is 1. The van der Waals surface area contributed by atoms with Crippen LogP contribution in [0.1, 0.15) is 31.9 Å². The summed E-state index contributed by atoms with van der Waals surface area (Å²) in [6.45, 7) is 5.38. The summed E-state index contributed by atoms with van der Waals surface area (Å²) < 4.78 is 13.4. The number of benzene rings is 2. The van der Waals surface area contributed by atoms with E-state index < -0.39 is 17.3 Å². The molecule has 4 aromatic rings. The lowest BCUT2D eigenvalue weighted by molar-refractivity contribution is 0.0544. The van der Waals surface area contributed by atoms with Gasteiger partial charge in [0.15, 0.2) is 0 Å². The van der Waals surface area contributed by atoms with E-state index in [0.29, 0.717) is 16.8 Å². The topological polar surface area (TPSA) is 95.3 Å². The van der Waals surface area contributed by atoms with Crippen molar-refractivity contribution in [3.8, 4) is 5.75 Å². The number of hydrogen-bond donors (Lipinski definition) is 1. The molecular weight excluding hydrogens is 446 g/mol. The van der Waals surface area contributed by atoms with Crippen molar-refractivity contribution >= 4 is 29.1 Å². The molecule has 2 aromatic heterocycles. The molecule has 0 spiro atoms. The second-order valence-electron chi connectivity index (χ2n) is 9.13. The minimum Gasteiger partial charge on any atom is -0.497 e. The van der Waals surface area contributed by atoms with Crippen LogP contribution in [-0.2, 0) is 11.8 Å². The van der Waals surface area contributed by atoms with Gasteiger partial charge in [-0.2, -0.15) is 0 Å². The summed E-state index contributed by atoms with van der Waals surface area (Å²) in [5.41, 5.74) is 0.540. The molecule has 0 aliphatic rings. The molecule has 0 aliphatic heterocycles. The van der Waals surface area contributed by atoms with Crippen LogP contribution in [-0.4, -0.2) is 32.9 Å². The molecular formula is C27H27N3O5. The summed E-state index contributed by atoms with van der Waals surface area (Å²) in [7, 11) is 3.13. The van der Waals surface area contributed by atoms with Crippen LogP contribution < -0.4 is 26.6 Å². The Morgan fingerprint density at radius 2 is 1.69 bits per heavy atom. The minimum atomic E-state index is -0.663. The standard InChI is InChI=1S/C27H27N3O5/c1-27(2,3)35-26(33)30-16-18(20-8-6-7-9-22(20)30)15-21-25(32)29(4)23(24(31)28-21)14-17-10-12-19(34-5)13-11-17/h6-16H,1-5H3,(H,28,31). The number of nitrogens with zero attached hydrogens (tertiary/aromatic N) is 2. The zero-order valence-electron chi connectivity index (χ0n) is 20.3. The first-order valence-electron chi connectivity index (χ1n) is 11.1. The predicted molar refractivity (Wildman–Crippen MR) is 135 cm³/mol. The van der Waals surface area contributed by atoms with E-state index >= 15 is 0 Å². The number of aromatic nitrogens is 3. The molecule has 8 heteroatoms. The number of hydrogen-bond acceptors (Lipinski definition) is 5. The Morgan fingerprint density at radius 1 is 1.00 bits per heavy atom. The summed E-state index contributed by atoms with van der Waals surface area (Å²) in [4.78, 5) is 41.5. The predicted octanol–water partition coefficient (Wildman–Crippen LogP) is 2.48. The number of ether oxygens (including phenoxy) is 2. The maximum atomic E-state index is 13.1. The van der Waals surface area contributed by atoms with Crippen molar-refractivity contribution in [2.24, 2.45) is 7.05 Å². The van der Waals surface area contributed by atoms with Crippen molar-refractivity contribution in [1.29, 1.82) is 0 Å². The van der Waals surface area contributed by atoms with Crippen LogP contribution in [0.15, 0.2) is 64.3 Å². The second kappa shape index (κ2) is 9.13. The number of para-hydroxylation sites is 1. The van der Waals surface area contributed by atoms with Gasteiger partial charge in [0.05, 0.1) is 12.6 Å².